The summed E-state index contributed by atoms with van der Waals surface area (Å²) in [4.78, 5) is 21.9. The number of halogens is 1. The fourth-order valence-corrected chi connectivity index (χ4v) is 4.24. The number of aryl methyl sites for hydroxylation is 1. The fourth-order valence-electron chi connectivity index (χ4n) is 4.24. The molecule has 32 heavy (non-hydrogen) atoms. The van der Waals surface area contributed by atoms with Crippen LogP contribution in [0.15, 0.2) is 42.9 Å². The predicted octanol–water partition coefficient (Wildman–Crippen LogP) is 3.12. The zero-order valence-corrected chi connectivity index (χ0v) is 18.2. The highest BCUT2D eigenvalue weighted by Crippen LogP contribution is 2.30. The quantitative estimate of drug-likeness (QED) is 0.535. The number of aromatic nitrogens is 4. The third-order valence-electron chi connectivity index (χ3n) is 6.09. The maximum absolute atomic E-state index is 14.4. The molecule has 0 spiro atoms. The Bertz CT molecular complexity index is 1330. The average molecular weight is 433 g/mol. The number of anilines is 2. The van der Waals surface area contributed by atoms with E-state index >= 15 is 0 Å². The van der Waals surface area contributed by atoms with E-state index in [4.69, 9.17) is 0 Å². The van der Waals surface area contributed by atoms with E-state index in [0.717, 1.165) is 30.7 Å². The summed E-state index contributed by atoms with van der Waals surface area (Å²) in [5.41, 5.74) is 3.21. The Morgan fingerprint density at radius 3 is 2.88 bits per heavy atom. The van der Waals surface area contributed by atoms with Crippen molar-refractivity contribution >= 4 is 33.8 Å². The van der Waals surface area contributed by atoms with E-state index < -0.39 is 5.82 Å². The van der Waals surface area contributed by atoms with E-state index in [1.165, 1.54) is 6.07 Å². The van der Waals surface area contributed by atoms with Gasteiger partial charge in [0.2, 0.25) is 0 Å². The van der Waals surface area contributed by atoms with Crippen molar-refractivity contribution in [1.29, 1.82) is 0 Å². The lowest BCUT2D eigenvalue weighted by Gasteiger charge is -2.39. The van der Waals surface area contributed by atoms with Crippen LogP contribution in [0.2, 0.25) is 0 Å². The lowest BCUT2D eigenvalue weighted by atomic mass is 10.1. The lowest BCUT2D eigenvalue weighted by Crippen LogP contribution is -2.50. The lowest BCUT2D eigenvalue weighted by molar-refractivity contribution is 0.102. The molecule has 1 atom stereocenters. The number of piperazine rings is 1. The molecule has 8 nitrogen and oxygen atoms in total. The van der Waals surface area contributed by atoms with Gasteiger partial charge < -0.3 is 19.5 Å². The van der Waals surface area contributed by atoms with Gasteiger partial charge in [-0.2, -0.15) is 5.10 Å². The zero-order valence-electron chi connectivity index (χ0n) is 18.2. The van der Waals surface area contributed by atoms with Crippen molar-refractivity contribution in [2.24, 2.45) is 0 Å². The number of likely N-dealkylation sites (N-methyl/N-ethyl adjacent to an activating group) is 1. The van der Waals surface area contributed by atoms with Crippen molar-refractivity contribution in [2.75, 3.05) is 36.9 Å². The van der Waals surface area contributed by atoms with Crippen LogP contribution in [0.4, 0.5) is 15.8 Å². The smallest absolute Gasteiger partial charge is 0.257 e. The normalized spacial score (nSPS) is 17.2. The van der Waals surface area contributed by atoms with Crippen molar-refractivity contribution in [2.45, 2.75) is 19.9 Å². The molecule has 164 valence electrons. The Hall–Kier alpha value is -3.59. The van der Waals surface area contributed by atoms with Gasteiger partial charge in [0.15, 0.2) is 11.5 Å². The van der Waals surface area contributed by atoms with E-state index in [2.05, 4.69) is 44.3 Å². The molecule has 0 bridgehead atoms. The summed E-state index contributed by atoms with van der Waals surface area (Å²) in [5.74, 6) is -0.871. The summed E-state index contributed by atoms with van der Waals surface area (Å²) < 4.78 is 16.0. The molecule has 9 heteroatoms. The third kappa shape index (κ3) is 3.54. The summed E-state index contributed by atoms with van der Waals surface area (Å²) in [6.45, 7) is 6.74. The van der Waals surface area contributed by atoms with Crippen LogP contribution in [0, 0.1) is 12.7 Å². The van der Waals surface area contributed by atoms with Gasteiger partial charge in [-0.1, -0.05) is 0 Å². The van der Waals surface area contributed by atoms with Crippen LogP contribution in [-0.2, 0) is 0 Å². The second kappa shape index (κ2) is 7.83. The van der Waals surface area contributed by atoms with Crippen LogP contribution in [-0.4, -0.2) is 63.1 Å². The molecule has 1 aromatic carbocycles. The fraction of sp³-hybridized carbons (Fsp3) is 0.304. The van der Waals surface area contributed by atoms with Gasteiger partial charge in [-0.15, -0.1) is 5.10 Å². The number of nitrogens with one attached hydrogen (secondary N) is 1. The summed E-state index contributed by atoms with van der Waals surface area (Å²) in [7, 11) is 2.13. The van der Waals surface area contributed by atoms with E-state index in [0.29, 0.717) is 28.5 Å². The number of carbonyl (C=O) groups is 1. The van der Waals surface area contributed by atoms with Gasteiger partial charge in [-0.25, -0.2) is 9.37 Å². The second-order valence-electron chi connectivity index (χ2n) is 8.35. The molecule has 1 aliphatic rings. The zero-order chi connectivity index (χ0) is 22.4. The summed E-state index contributed by atoms with van der Waals surface area (Å²) >= 11 is 0. The van der Waals surface area contributed by atoms with Crippen LogP contribution in [0.3, 0.4) is 0 Å². The molecular formula is C23H24FN7O. The number of hydrogen-bond acceptors (Lipinski definition) is 6. The number of fused-ring (bicyclic) bond motifs is 2. The maximum atomic E-state index is 14.4. The molecule has 0 radical (unpaired) electrons. The van der Waals surface area contributed by atoms with E-state index in [-0.39, 0.29) is 11.6 Å². The SMILES string of the molecule is Cc1cn2cc(NC(=O)c3ccc(N4CCN(C)C(C)C4)c4ccnnc34)cc(F)c2n1. The summed E-state index contributed by atoms with van der Waals surface area (Å²) in [5, 5.41) is 11.9. The number of pyridine rings is 1. The van der Waals surface area contributed by atoms with Crippen molar-refractivity contribution in [3.8, 4) is 0 Å². The highest BCUT2D eigenvalue weighted by atomic mass is 19.1. The molecule has 1 saturated heterocycles. The van der Waals surface area contributed by atoms with Crippen LogP contribution in [0.25, 0.3) is 16.6 Å². The van der Waals surface area contributed by atoms with Crippen molar-refractivity contribution < 1.29 is 9.18 Å². The van der Waals surface area contributed by atoms with Crippen molar-refractivity contribution in [3.05, 3.63) is 59.9 Å². The Labute approximate surface area is 184 Å². The van der Waals surface area contributed by atoms with Gasteiger partial charge in [0.25, 0.3) is 5.91 Å². The first kappa shape index (κ1) is 20.3. The highest BCUT2D eigenvalue weighted by Gasteiger charge is 2.24. The number of carbonyl (C=O) groups excluding carboxylic acids is 1. The van der Waals surface area contributed by atoms with Crippen molar-refractivity contribution in [1.82, 2.24) is 24.5 Å². The minimum Gasteiger partial charge on any atom is -0.368 e. The number of rotatable bonds is 3. The molecule has 1 unspecified atom stereocenters. The molecule has 5 rings (SSSR count). The van der Waals surface area contributed by atoms with E-state index in [1.54, 1.807) is 36.0 Å². The van der Waals surface area contributed by atoms with E-state index in [9.17, 15) is 9.18 Å². The number of amides is 1. The first-order chi connectivity index (χ1) is 15.4. The number of nitrogens with zero attached hydrogens (tertiary/aromatic N) is 6. The molecule has 1 N–H and O–H groups in total. The monoisotopic (exact) mass is 433 g/mol. The highest BCUT2D eigenvalue weighted by molar-refractivity contribution is 6.13. The minimum atomic E-state index is -0.500. The third-order valence-corrected chi connectivity index (χ3v) is 6.09. The Kier molecular flexibility index (Phi) is 4.97. The topological polar surface area (TPSA) is 78.7 Å². The molecule has 1 aliphatic heterocycles. The molecule has 4 heterocycles. The molecule has 1 fully saturated rings. The van der Waals surface area contributed by atoms with E-state index in [1.807, 2.05) is 12.1 Å². The minimum absolute atomic E-state index is 0.225. The van der Waals surface area contributed by atoms with Crippen LogP contribution < -0.4 is 10.2 Å². The number of benzene rings is 1. The van der Waals surface area contributed by atoms with Gasteiger partial charge in [-0.3, -0.25) is 4.79 Å². The van der Waals surface area contributed by atoms with Crippen LogP contribution >= 0.6 is 0 Å². The Balaban J connectivity index is 1.49. The second-order valence-corrected chi connectivity index (χ2v) is 8.35. The molecule has 1 amide bonds. The first-order valence-electron chi connectivity index (χ1n) is 10.6. The van der Waals surface area contributed by atoms with Gasteiger partial charge in [0, 0.05) is 55.2 Å². The molecule has 3 aromatic heterocycles. The maximum Gasteiger partial charge on any atom is 0.257 e. The average Bonchev–Trinajstić information content (AvgIpc) is 3.15. The summed E-state index contributed by atoms with van der Waals surface area (Å²) in [6.07, 6.45) is 4.99. The van der Waals surface area contributed by atoms with Crippen LogP contribution in [0.5, 0.6) is 0 Å². The first-order valence-corrected chi connectivity index (χ1v) is 10.6. The molecule has 0 saturated carbocycles. The molecular weight excluding hydrogens is 409 g/mol. The number of hydrogen-bond donors (Lipinski definition) is 1. The molecule has 4 aromatic rings. The standard InChI is InChI=1S/C23H24FN7O/c1-14-11-31-13-16(10-19(24)22(31)26-14)27-23(32)18-4-5-20(17-6-7-25-28-21(17)18)30-9-8-29(3)15(2)12-30/h4-7,10-11,13,15H,8-9,12H2,1-3H3,(H,27,32). The van der Waals surface area contributed by atoms with Crippen LogP contribution in [0.1, 0.15) is 23.0 Å². The van der Waals surface area contributed by atoms with Crippen molar-refractivity contribution in [3.63, 3.8) is 0 Å². The number of imidazole rings is 1. The van der Waals surface area contributed by atoms with Gasteiger partial charge in [-0.05, 0) is 39.1 Å². The van der Waals surface area contributed by atoms with Gasteiger partial charge in [0.05, 0.1) is 23.1 Å². The Morgan fingerprint density at radius 2 is 2.06 bits per heavy atom. The Morgan fingerprint density at radius 1 is 1.22 bits per heavy atom. The van der Waals surface area contributed by atoms with Gasteiger partial charge in [0.1, 0.15) is 5.52 Å². The predicted molar refractivity (Wildman–Crippen MR) is 122 cm³/mol. The molecule has 0 aliphatic carbocycles. The largest absolute Gasteiger partial charge is 0.368 e. The summed E-state index contributed by atoms with van der Waals surface area (Å²) in [6, 6.07) is 7.31. The van der Waals surface area contributed by atoms with Gasteiger partial charge >= 0.3 is 0 Å².